The molecule has 0 atom stereocenters. The smallest absolute Gasteiger partial charge is 0.342 e. The zero-order valence-electron chi connectivity index (χ0n) is 14.3. The molecule has 128 valence electrons. The molecule has 3 aromatic rings. The normalized spacial score (nSPS) is 10.7. The third-order valence-electron chi connectivity index (χ3n) is 4.20. The van der Waals surface area contributed by atoms with E-state index in [1.165, 1.54) is 13.2 Å². The molecule has 0 aliphatic carbocycles. The van der Waals surface area contributed by atoms with Gasteiger partial charge in [-0.2, -0.15) is 0 Å². The predicted octanol–water partition coefficient (Wildman–Crippen LogP) is 3.78. The van der Waals surface area contributed by atoms with Crippen LogP contribution in [0.4, 0.5) is 0 Å². The van der Waals surface area contributed by atoms with Crippen LogP contribution in [0.15, 0.2) is 51.7 Å². The van der Waals surface area contributed by atoms with Crippen molar-refractivity contribution < 1.29 is 18.7 Å². The molecular formula is C20H18O5. The number of rotatable bonds is 4. The molecular weight excluding hydrogens is 320 g/mol. The number of aryl methyl sites for hydroxylation is 2. The van der Waals surface area contributed by atoms with Crippen molar-refractivity contribution >= 4 is 16.9 Å². The van der Waals surface area contributed by atoms with Crippen molar-refractivity contribution in [3.63, 3.8) is 0 Å². The molecule has 0 aliphatic rings. The second-order valence-corrected chi connectivity index (χ2v) is 5.75. The number of para-hydroxylation sites is 1. The maximum atomic E-state index is 12.3. The fraction of sp³-hybridized carbons (Fsp3) is 0.200. The van der Waals surface area contributed by atoms with Crippen molar-refractivity contribution in [2.24, 2.45) is 0 Å². The second kappa shape index (κ2) is 6.81. The first-order valence-electron chi connectivity index (χ1n) is 7.84. The lowest BCUT2D eigenvalue weighted by atomic mass is 10.0. The van der Waals surface area contributed by atoms with Crippen molar-refractivity contribution in [3.05, 3.63) is 75.1 Å². The van der Waals surface area contributed by atoms with E-state index in [-0.39, 0.29) is 6.61 Å². The van der Waals surface area contributed by atoms with Crippen LogP contribution in [-0.4, -0.2) is 13.1 Å². The quantitative estimate of drug-likeness (QED) is 0.535. The van der Waals surface area contributed by atoms with E-state index in [0.29, 0.717) is 22.5 Å². The number of ether oxygens (including phenoxy) is 2. The van der Waals surface area contributed by atoms with Gasteiger partial charge >= 0.3 is 11.6 Å². The minimum Gasteiger partial charge on any atom is -0.496 e. The molecule has 0 fully saturated rings. The number of methoxy groups -OCH3 is 1. The van der Waals surface area contributed by atoms with E-state index in [0.717, 1.165) is 16.5 Å². The molecule has 0 unspecified atom stereocenters. The van der Waals surface area contributed by atoms with Crippen LogP contribution in [0.1, 0.15) is 27.0 Å². The molecule has 5 nitrogen and oxygen atoms in total. The summed E-state index contributed by atoms with van der Waals surface area (Å²) in [6.45, 7) is 3.82. The molecule has 0 N–H and O–H groups in total. The Hall–Kier alpha value is -3.08. The Morgan fingerprint density at radius 3 is 2.64 bits per heavy atom. The first-order valence-corrected chi connectivity index (χ1v) is 7.84. The Morgan fingerprint density at radius 2 is 1.88 bits per heavy atom. The fourth-order valence-electron chi connectivity index (χ4n) is 2.68. The summed E-state index contributed by atoms with van der Waals surface area (Å²) in [5.74, 6) is -0.0703. The minimum atomic E-state index is -0.511. The minimum absolute atomic E-state index is 0.0263. The average Bonchev–Trinajstić information content (AvgIpc) is 2.62. The Bertz CT molecular complexity index is 1000. The van der Waals surface area contributed by atoms with Crippen LogP contribution in [0.25, 0.3) is 11.0 Å². The van der Waals surface area contributed by atoms with Crippen LogP contribution < -0.4 is 10.4 Å². The van der Waals surface area contributed by atoms with E-state index in [2.05, 4.69) is 0 Å². The summed E-state index contributed by atoms with van der Waals surface area (Å²) in [5.41, 5.74) is 2.92. The first-order chi connectivity index (χ1) is 12.0. The SMILES string of the molecule is COc1ccccc1C(=O)OCc1cc(=O)oc2c(C)c(C)ccc12. The van der Waals surface area contributed by atoms with Crippen LogP contribution in [0.5, 0.6) is 5.75 Å². The van der Waals surface area contributed by atoms with Crippen LogP contribution in [0, 0.1) is 13.8 Å². The topological polar surface area (TPSA) is 65.7 Å². The van der Waals surface area contributed by atoms with Crippen LogP contribution in [0.3, 0.4) is 0 Å². The van der Waals surface area contributed by atoms with Gasteiger partial charge in [0.2, 0.25) is 0 Å². The summed E-state index contributed by atoms with van der Waals surface area (Å²) in [6.07, 6.45) is 0. The van der Waals surface area contributed by atoms with Crippen molar-refractivity contribution in [3.8, 4) is 5.75 Å². The van der Waals surface area contributed by atoms with Crippen molar-refractivity contribution in [2.45, 2.75) is 20.5 Å². The molecule has 0 bridgehead atoms. The van der Waals surface area contributed by atoms with Gasteiger partial charge in [0.05, 0.1) is 7.11 Å². The standard InChI is InChI=1S/C20H18O5/c1-12-8-9-15-14(10-18(21)25-19(15)13(12)2)11-24-20(22)16-6-4-5-7-17(16)23-3/h4-10H,11H2,1-3H3. The molecule has 2 aromatic carbocycles. The molecule has 0 amide bonds. The number of carbonyl (C=O) groups excluding carboxylic acids is 1. The molecule has 5 heteroatoms. The van der Waals surface area contributed by atoms with Crippen molar-refractivity contribution in [1.29, 1.82) is 0 Å². The van der Waals surface area contributed by atoms with Gasteiger partial charge in [-0.3, -0.25) is 0 Å². The van der Waals surface area contributed by atoms with Crippen LogP contribution in [0.2, 0.25) is 0 Å². The molecule has 0 saturated carbocycles. The summed E-state index contributed by atoms with van der Waals surface area (Å²) in [6, 6.07) is 12.0. The highest BCUT2D eigenvalue weighted by molar-refractivity contribution is 5.92. The van der Waals surface area contributed by atoms with Crippen molar-refractivity contribution in [1.82, 2.24) is 0 Å². The van der Waals surface area contributed by atoms with Gasteiger partial charge in [0.25, 0.3) is 0 Å². The summed E-state index contributed by atoms with van der Waals surface area (Å²) in [7, 11) is 1.49. The van der Waals surface area contributed by atoms with Crippen LogP contribution >= 0.6 is 0 Å². The molecule has 1 heterocycles. The van der Waals surface area contributed by atoms with E-state index >= 15 is 0 Å². The molecule has 0 saturated heterocycles. The van der Waals surface area contributed by atoms with E-state index in [1.807, 2.05) is 26.0 Å². The van der Waals surface area contributed by atoms with Gasteiger partial charge in [-0.15, -0.1) is 0 Å². The van der Waals surface area contributed by atoms with Gasteiger partial charge in [0.1, 0.15) is 23.5 Å². The number of fused-ring (bicyclic) bond motifs is 1. The lowest BCUT2D eigenvalue weighted by Gasteiger charge is -2.11. The van der Waals surface area contributed by atoms with Gasteiger partial charge in [-0.05, 0) is 37.1 Å². The zero-order valence-corrected chi connectivity index (χ0v) is 14.3. The number of esters is 1. The molecule has 1 aromatic heterocycles. The molecule has 0 spiro atoms. The van der Waals surface area contributed by atoms with Gasteiger partial charge in [-0.1, -0.05) is 24.3 Å². The second-order valence-electron chi connectivity index (χ2n) is 5.75. The van der Waals surface area contributed by atoms with E-state index in [4.69, 9.17) is 13.9 Å². The van der Waals surface area contributed by atoms with E-state index in [9.17, 15) is 9.59 Å². The predicted molar refractivity (Wildman–Crippen MR) is 94.1 cm³/mol. The molecule has 3 rings (SSSR count). The zero-order chi connectivity index (χ0) is 18.0. The molecule has 0 aliphatic heterocycles. The average molecular weight is 338 g/mol. The number of hydrogen-bond donors (Lipinski definition) is 0. The monoisotopic (exact) mass is 338 g/mol. The lowest BCUT2D eigenvalue weighted by Crippen LogP contribution is -2.09. The third-order valence-corrected chi connectivity index (χ3v) is 4.20. The Balaban J connectivity index is 1.92. The Morgan fingerprint density at radius 1 is 1.12 bits per heavy atom. The number of carbonyl (C=O) groups is 1. The van der Waals surface area contributed by atoms with E-state index in [1.54, 1.807) is 24.3 Å². The van der Waals surface area contributed by atoms with Gasteiger partial charge in [0.15, 0.2) is 0 Å². The Labute approximate surface area is 144 Å². The van der Waals surface area contributed by atoms with Crippen molar-refractivity contribution in [2.75, 3.05) is 7.11 Å². The van der Waals surface area contributed by atoms with Gasteiger partial charge in [0, 0.05) is 17.0 Å². The number of hydrogen-bond acceptors (Lipinski definition) is 5. The largest absolute Gasteiger partial charge is 0.496 e. The summed E-state index contributed by atoms with van der Waals surface area (Å²) >= 11 is 0. The molecule has 0 radical (unpaired) electrons. The summed E-state index contributed by atoms with van der Waals surface area (Å²) in [4.78, 5) is 24.2. The Kier molecular flexibility index (Phi) is 4.57. The third kappa shape index (κ3) is 3.26. The van der Waals surface area contributed by atoms with Crippen LogP contribution in [-0.2, 0) is 11.3 Å². The van der Waals surface area contributed by atoms with Gasteiger partial charge in [-0.25, -0.2) is 9.59 Å². The maximum absolute atomic E-state index is 12.3. The summed E-state index contributed by atoms with van der Waals surface area (Å²) in [5, 5.41) is 0.760. The highest BCUT2D eigenvalue weighted by Gasteiger charge is 2.15. The van der Waals surface area contributed by atoms with E-state index < -0.39 is 11.6 Å². The first kappa shape index (κ1) is 16.8. The summed E-state index contributed by atoms with van der Waals surface area (Å²) < 4.78 is 15.9. The lowest BCUT2D eigenvalue weighted by molar-refractivity contribution is 0.0470. The maximum Gasteiger partial charge on any atom is 0.342 e. The fourth-order valence-corrected chi connectivity index (χ4v) is 2.68. The molecule has 25 heavy (non-hydrogen) atoms. The highest BCUT2D eigenvalue weighted by atomic mass is 16.5. The number of benzene rings is 2. The van der Waals surface area contributed by atoms with Gasteiger partial charge < -0.3 is 13.9 Å². The highest BCUT2D eigenvalue weighted by Crippen LogP contribution is 2.24.